The van der Waals surface area contributed by atoms with Crippen molar-refractivity contribution in [1.29, 1.82) is 0 Å². The lowest BCUT2D eigenvalue weighted by Crippen LogP contribution is -1.80. The Hall–Kier alpha value is -3.08. The van der Waals surface area contributed by atoms with Gasteiger partial charge in [-0.2, -0.15) is 4.98 Å². The topological polar surface area (TPSA) is 72.3 Å². The third kappa shape index (κ3) is 1.95. The Morgan fingerprint density at radius 3 is 2.62 bits per heavy atom. The average Bonchev–Trinajstić information content (AvgIpc) is 3.14. The number of nitrogens with zero attached hydrogens (tertiary/aromatic N) is 2. The van der Waals surface area contributed by atoms with Gasteiger partial charge in [0, 0.05) is 10.9 Å². The van der Waals surface area contributed by atoms with Gasteiger partial charge in [0.25, 0.3) is 5.89 Å². The van der Waals surface area contributed by atoms with Crippen molar-refractivity contribution in [3.8, 4) is 28.6 Å². The quantitative estimate of drug-likeness (QED) is 0.602. The molecule has 5 nitrogen and oxygen atoms in total. The van der Waals surface area contributed by atoms with Crippen LogP contribution in [-0.2, 0) is 0 Å². The fourth-order valence-electron chi connectivity index (χ4n) is 2.20. The largest absolute Gasteiger partial charge is 0.508 e. The number of fused-ring (bicyclic) bond motifs is 1. The first-order valence-corrected chi connectivity index (χ1v) is 6.41. The highest BCUT2D eigenvalue weighted by atomic mass is 16.5. The normalized spacial score (nSPS) is 11.0. The Bertz CT molecular complexity index is 907. The number of hydrogen-bond donors (Lipinski definition) is 1. The zero-order valence-corrected chi connectivity index (χ0v) is 10.9. The van der Waals surface area contributed by atoms with Crippen LogP contribution in [0.15, 0.2) is 63.7 Å². The zero-order valence-electron chi connectivity index (χ0n) is 10.9. The molecule has 102 valence electrons. The Balaban J connectivity index is 1.79. The van der Waals surface area contributed by atoms with Crippen molar-refractivity contribution < 1.29 is 14.0 Å². The van der Waals surface area contributed by atoms with E-state index in [4.69, 9.17) is 8.94 Å². The van der Waals surface area contributed by atoms with E-state index in [1.807, 2.05) is 24.3 Å². The Morgan fingerprint density at radius 2 is 1.76 bits per heavy atom. The molecule has 2 aromatic heterocycles. The minimum absolute atomic E-state index is 0.197. The summed E-state index contributed by atoms with van der Waals surface area (Å²) in [7, 11) is 0. The molecule has 0 aliphatic carbocycles. The van der Waals surface area contributed by atoms with Crippen LogP contribution in [0.2, 0.25) is 0 Å². The lowest BCUT2D eigenvalue weighted by molar-refractivity contribution is 0.432. The van der Waals surface area contributed by atoms with Crippen LogP contribution >= 0.6 is 0 Å². The van der Waals surface area contributed by atoms with E-state index in [0.717, 1.165) is 22.1 Å². The molecule has 0 bridgehead atoms. The van der Waals surface area contributed by atoms with Gasteiger partial charge in [0.15, 0.2) is 0 Å². The van der Waals surface area contributed by atoms with Crippen LogP contribution in [0.4, 0.5) is 0 Å². The second-order valence-electron chi connectivity index (χ2n) is 4.62. The molecule has 4 aromatic rings. The summed E-state index contributed by atoms with van der Waals surface area (Å²) in [5, 5.41) is 14.2. The van der Waals surface area contributed by atoms with Gasteiger partial charge in [0.05, 0.1) is 5.56 Å². The van der Waals surface area contributed by atoms with Gasteiger partial charge in [-0.25, -0.2) is 0 Å². The van der Waals surface area contributed by atoms with E-state index >= 15 is 0 Å². The van der Waals surface area contributed by atoms with Crippen LogP contribution in [0.25, 0.3) is 33.8 Å². The molecule has 0 aliphatic rings. The minimum atomic E-state index is 0.197. The second-order valence-corrected chi connectivity index (χ2v) is 4.62. The van der Waals surface area contributed by atoms with Gasteiger partial charge in [0.1, 0.15) is 17.6 Å². The van der Waals surface area contributed by atoms with Crippen LogP contribution in [-0.4, -0.2) is 15.2 Å². The molecule has 0 atom stereocenters. The minimum Gasteiger partial charge on any atom is -0.508 e. The number of furan rings is 1. The molecule has 0 unspecified atom stereocenters. The highest BCUT2D eigenvalue weighted by molar-refractivity contribution is 5.91. The number of aromatic nitrogens is 2. The molecular formula is C16H10N2O3. The average molecular weight is 278 g/mol. The summed E-state index contributed by atoms with van der Waals surface area (Å²) in [6, 6.07) is 14.3. The zero-order chi connectivity index (χ0) is 14.2. The van der Waals surface area contributed by atoms with E-state index < -0.39 is 0 Å². The molecule has 0 fully saturated rings. The molecular weight excluding hydrogens is 268 g/mol. The van der Waals surface area contributed by atoms with Crippen LogP contribution < -0.4 is 0 Å². The van der Waals surface area contributed by atoms with Crippen LogP contribution in [0.1, 0.15) is 0 Å². The molecule has 0 saturated carbocycles. The van der Waals surface area contributed by atoms with E-state index in [1.165, 1.54) is 0 Å². The summed E-state index contributed by atoms with van der Waals surface area (Å²) in [4.78, 5) is 4.38. The summed E-state index contributed by atoms with van der Waals surface area (Å²) < 4.78 is 10.8. The molecule has 2 heterocycles. The van der Waals surface area contributed by atoms with Gasteiger partial charge in [-0.3, -0.25) is 0 Å². The first-order chi connectivity index (χ1) is 10.3. The molecule has 5 heteroatoms. The van der Waals surface area contributed by atoms with E-state index in [9.17, 15) is 5.11 Å². The highest BCUT2D eigenvalue weighted by Gasteiger charge is 2.15. The molecule has 0 saturated heterocycles. The van der Waals surface area contributed by atoms with Crippen molar-refractivity contribution in [2.24, 2.45) is 0 Å². The van der Waals surface area contributed by atoms with Crippen molar-refractivity contribution in [2.75, 3.05) is 0 Å². The maximum atomic E-state index is 9.30. The maximum Gasteiger partial charge on any atom is 0.262 e. The predicted octanol–water partition coefficient (Wildman–Crippen LogP) is 3.86. The van der Waals surface area contributed by atoms with E-state index in [0.29, 0.717) is 11.7 Å². The van der Waals surface area contributed by atoms with Gasteiger partial charge in [0.2, 0.25) is 5.82 Å². The van der Waals surface area contributed by atoms with E-state index in [1.54, 1.807) is 30.5 Å². The Morgan fingerprint density at radius 1 is 0.952 bits per heavy atom. The van der Waals surface area contributed by atoms with E-state index in [2.05, 4.69) is 10.1 Å². The number of benzene rings is 2. The van der Waals surface area contributed by atoms with Gasteiger partial charge < -0.3 is 14.0 Å². The van der Waals surface area contributed by atoms with Gasteiger partial charge in [-0.1, -0.05) is 23.4 Å². The summed E-state index contributed by atoms with van der Waals surface area (Å²) >= 11 is 0. The summed E-state index contributed by atoms with van der Waals surface area (Å²) in [5.74, 6) is 1.07. The molecule has 0 spiro atoms. The molecule has 1 N–H and O–H groups in total. The number of hydrogen-bond acceptors (Lipinski definition) is 5. The number of phenols is 1. The van der Waals surface area contributed by atoms with Crippen molar-refractivity contribution in [2.45, 2.75) is 0 Å². The summed E-state index contributed by atoms with van der Waals surface area (Å²) in [6.07, 6.45) is 1.61. The predicted molar refractivity (Wildman–Crippen MR) is 76.6 cm³/mol. The molecule has 21 heavy (non-hydrogen) atoms. The third-order valence-corrected chi connectivity index (χ3v) is 3.26. The number of aromatic hydroxyl groups is 1. The van der Waals surface area contributed by atoms with Crippen LogP contribution in [0.5, 0.6) is 5.75 Å². The fourth-order valence-corrected chi connectivity index (χ4v) is 2.20. The standard InChI is InChI=1S/C16H10N2O3/c19-11-7-5-10(6-8-11)15-17-16(21-18-15)13-9-20-14-4-2-1-3-12(13)14/h1-9,19H. The Labute approximate surface area is 119 Å². The summed E-state index contributed by atoms with van der Waals surface area (Å²) in [6.45, 7) is 0. The molecule has 0 amide bonds. The van der Waals surface area contributed by atoms with Crippen molar-refractivity contribution >= 4 is 11.0 Å². The second kappa shape index (κ2) is 4.49. The number of rotatable bonds is 2. The molecule has 2 aromatic carbocycles. The van der Waals surface area contributed by atoms with Gasteiger partial charge >= 0.3 is 0 Å². The lowest BCUT2D eigenvalue weighted by atomic mass is 10.2. The SMILES string of the molecule is Oc1ccc(-c2noc(-c3coc4ccccc34)n2)cc1. The van der Waals surface area contributed by atoms with Crippen molar-refractivity contribution in [1.82, 2.24) is 10.1 Å². The molecule has 0 aliphatic heterocycles. The highest BCUT2D eigenvalue weighted by Crippen LogP contribution is 2.30. The van der Waals surface area contributed by atoms with E-state index in [-0.39, 0.29) is 5.75 Å². The van der Waals surface area contributed by atoms with Crippen LogP contribution in [0.3, 0.4) is 0 Å². The molecule has 0 radical (unpaired) electrons. The van der Waals surface area contributed by atoms with Crippen molar-refractivity contribution in [3.63, 3.8) is 0 Å². The fraction of sp³-hybridized carbons (Fsp3) is 0. The third-order valence-electron chi connectivity index (χ3n) is 3.26. The van der Waals surface area contributed by atoms with Crippen molar-refractivity contribution in [3.05, 3.63) is 54.8 Å². The first-order valence-electron chi connectivity index (χ1n) is 6.41. The smallest absolute Gasteiger partial charge is 0.262 e. The van der Waals surface area contributed by atoms with Gasteiger partial charge in [-0.15, -0.1) is 0 Å². The number of para-hydroxylation sites is 1. The van der Waals surface area contributed by atoms with Gasteiger partial charge in [-0.05, 0) is 30.3 Å². The number of phenolic OH excluding ortho intramolecular Hbond substituents is 1. The monoisotopic (exact) mass is 278 g/mol. The first kappa shape index (κ1) is 11.7. The lowest BCUT2D eigenvalue weighted by Gasteiger charge is -1.93. The maximum absolute atomic E-state index is 9.30. The molecule has 4 rings (SSSR count). The van der Waals surface area contributed by atoms with Crippen LogP contribution in [0, 0.1) is 0 Å². The Kier molecular flexibility index (Phi) is 2.50. The summed E-state index contributed by atoms with van der Waals surface area (Å²) in [5.41, 5.74) is 2.32.